The van der Waals surface area contributed by atoms with Gasteiger partial charge in [0.05, 0.1) is 18.8 Å². The van der Waals surface area contributed by atoms with Crippen LogP contribution in [0.3, 0.4) is 0 Å². The van der Waals surface area contributed by atoms with Gasteiger partial charge in [0.15, 0.2) is 0 Å². The van der Waals surface area contributed by atoms with E-state index >= 15 is 0 Å². The normalized spacial score (nSPS) is 23.4. The molecule has 164 valence electrons. The first-order valence-electron chi connectivity index (χ1n) is 9.47. The lowest BCUT2D eigenvalue weighted by atomic mass is 9.79. The summed E-state index contributed by atoms with van der Waals surface area (Å²) >= 11 is 1.59. The number of carboxylic acids is 1. The Balaban J connectivity index is 0.000000370. The number of hydrogen-bond donors (Lipinski definition) is 1. The highest BCUT2D eigenvalue weighted by molar-refractivity contribution is 7.08. The summed E-state index contributed by atoms with van der Waals surface area (Å²) in [5.41, 5.74) is 0.933. The fourth-order valence-corrected chi connectivity index (χ4v) is 4.29. The van der Waals surface area contributed by atoms with Crippen LogP contribution in [0.2, 0.25) is 0 Å². The minimum Gasteiger partial charge on any atom is -0.475 e. The van der Waals surface area contributed by atoms with Crippen molar-refractivity contribution in [2.24, 2.45) is 5.41 Å². The quantitative estimate of drug-likeness (QED) is 0.770. The van der Waals surface area contributed by atoms with Gasteiger partial charge in [-0.2, -0.15) is 24.5 Å². The van der Waals surface area contributed by atoms with E-state index in [4.69, 9.17) is 14.6 Å². The standard InChI is InChI=1S/C17H26N2O2S.C2HF3O2/c1-14(2)18-7-8-21-13-17(11-18)5-3-6-19(12-17)16(20)15-4-9-22-10-15;3-2(4,5)1(6)7/h4,9-10,14H,3,5-8,11-13H2,1-2H3;(H,6,7). The molecule has 1 spiro atoms. The summed E-state index contributed by atoms with van der Waals surface area (Å²) in [5, 5.41) is 11.1. The molecule has 2 aliphatic rings. The van der Waals surface area contributed by atoms with Gasteiger partial charge < -0.3 is 14.7 Å². The van der Waals surface area contributed by atoms with Crippen LogP contribution in [0.5, 0.6) is 0 Å². The molecule has 1 aromatic heterocycles. The highest BCUT2D eigenvalue weighted by Crippen LogP contribution is 2.34. The average Bonchev–Trinajstić information content (AvgIpc) is 3.10. The maximum absolute atomic E-state index is 12.7. The van der Waals surface area contributed by atoms with Crippen molar-refractivity contribution in [3.63, 3.8) is 0 Å². The van der Waals surface area contributed by atoms with E-state index in [1.807, 2.05) is 21.7 Å². The van der Waals surface area contributed by atoms with Crippen molar-refractivity contribution in [1.82, 2.24) is 9.80 Å². The summed E-state index contributed by atoms with van der Waals surface area (Å²) in [5.74, 6) is -2.58. The lowest BCUT2D eigenvalue weighted by Crippen LogP contribution is -2.53. The van der Waals surface area contributed by atoms with Crippen molar-refractivity contribution < 1.29 is 32.6 Å². The van der Waals surface area contributed by atoms with Gasteiger partial charge in [-0.05, 0) is 38.1 Å². The van der Waals surface area contributed by atoms with E-state index in [1.54, 1.807) is 11.3 Å². The fraction of sp³-hybridized carbons (Fsp3) is 0.684. The van der Waals surface area contributed by atoms with Gasteiger partial charge in [-0.3, -0.25) is 9.69 Å². The number of ether oxygens (including phenoxy) is 1. The van der Waals surface area contributed by atoms with Crippen molar-refractivity contribution in [3.8, 4) is 0 Å². The number of alkyl halides is 3. The molecule has 2 fully saturated rings. The largest absolute Gasteiger partial charge is 0.490 e. The molecule has 3 rings (SSSR count). The van der Waals surface area contributed by atoms with Gasteiger partial charge in [0.1, 0.15) is 0 Å². The highest BCUT2D eigenvalue weighted by Gasteiger charge is 2.41. The Morgan fingerprint density at radius 2 is 1.97 bits per heavy atom. The molecule has 1 N–H and O–H groups in total. The minimum atomic E-state index is -5.08. The molecular formula is C19H27F3N2O4S. The van der Waals surface area contributed by atoms with Crippen LogP contribution >= 0.6 is 11.3 Å². The lowest BCUT2D eigenvalue weighted by Gasteiger charge is -2.44. The molecule has 1 unspecified atom stereocenters. The Morgan fingerprint density at radius 1 is 1.28 bits per heavy atom. The summed E-state index contributed by atoms with van der Waals surface area (Å²) in [6.45, 7) is 9.81. The van der Waals surface area contributed by atoms with Gasteiger partial charge in [-0.15, -0.1) is 0 Å². The number of aliphatic carboxylic acids is 1. The monoisotopic (exact) mass is 436 g/mol. The molecule has 10 heteroatoms. The number of carboxylic acid groups (broad SMARTS) is 1. The second-order valence-electron chi connectivity index (χ2n) is 7.76. The number of amides is 1. The van der Waals surface area contributed by atoms with Gasteiger partial charge in [-0.25, -0.2) is 4.79 Å². The molecule has 0 bridgehead atoms. The second kappa shape index (κ2) is 9.90. The summed E-state index contributed by atoms with van der Waals surface area (Å²) in [7, 11) is 0. The van der Waals surface area contributed by atoms with Crippen LogP contribution in [0.15, 0.2) is 16.8 Å². The maximum Gasteiger partial charge on any atom is 0.490 e. The van der Waals surface area contributed by atoms with Gasteiger partial charge in [-0.1, -0.05) is 0 Å². The van der Waals surface area contributed by atoms with Crippen molar-refractivity contribution in [2.45, 2.75) is 38.9 Å². The van der Waals surface area contributed by atoms with Gasteiger partial charge >= 0.3 is 12.1 Å². The SMILES string of the molecule is CC(C)N1CCOCC2(CCCN(C(=O)c3ccsc3)C2)C1.O=C(O)C(F)(F)F. The third kappa shape index (κ3) is 6.68. The molecule has 2 aliphatic heterocycles. The highest BCUT2D eigenvalue weighted by atomic mass is 32.1. The third-order valence-electron chi connectivity index (χ3n) is 5.16. The van der Waals surface area contributed by atoms with Crippen molar-refractivity contribution >= 4 is 23.2 Å². The molecule has 2 saturated heterocycles. The Labute approximate surface area is 172 Å². The number of hydrogen-bond acceptors (Lipinski definition) is 5. The van der Waals surface area contributed by atoms with Crippen LogP contribution in [0.4, 0.5) is 13.2 Å². The first-order chi connectivity index (χ1) is 13.5. The molecule has 0 radical (unpaired) electrons. The minimum absolute atomic E-state index is 0.102. The zero-order valence-electron chi connectivity index (χ0n) is 16.6. The Bertz CT molecular complexity index is 681. The summed E-state index contributed by atoms with van der Waals surface area (Å²) in [6.07, 6.45) is -2.85. The number of carbonyl (C=O) groups excluding carboxylic acids is 1. The van der Waals surface area contributed by atoms with E-state index in [9.17, 15) is 18.0 Å². The first-order valence-corrected chi connectivity index (χ1v) is 10.4. The van der Waals surface area contributed by atoms with E-state index < -0.39 is 12.1 Å². The van der Waals surface area contributed by atoms with Crippen LogP contribution in [-0.2, 0) is 9.53 Å². The van der Waals surface area contributed by atoms with Crippen LogP contribution in [-0.4, -0.2) is 78.4 Å². The first kappa shape index (κ1) is 23.6. The Hall–Kier alpha value is -1.65. The topological polar surface area (TPSA) is 70.1 Å². The maximum atomic E-state index is 12.7. The number of thiophene rings is 1. The van der Waals surface area contributed by atoms with E-state index in [2.05, 4.69) is 18.7 Å². The van der Waals surface area contributed by atoms with E-state index in [0.717, 1.165) is 57.8 Å². The van der Waals surface area contributed by atoms with Crippen LogP contribution in [0.25, 0.3) is 0 Å². The fourth-order valence-electron chi connectivity index (χ4n) is 3.66. The molecule has 3 heterocycles. The van der Waals surface area contributed by atoms with Gasteiger partial charge in [0.25, 0.3) is 5.91 Å². The summed E-state index contributed by atoms with van der Waals surface area (Å²) < 4.78 is 37.6. The molecule has 29 heavy (non-hydrogen) atoms. The molecule has 0 aliphatic carbocycles. The molecule has 1 aromatic rings. The number of rotatable bonds is 2. The zero-order valence-corrected chi connectivity index (χ0v) is 17.4. The van der Waals surface area contributed by atoms with Gasteiger partial charge in [0.2, 0.25) is 0 Å². The number of carbonyl (C=O) groups is 2. The van der Waals surface area contributed by atoms with Gasteiger partial charge in [0, 0.05) is 43.0 Å². The predicted octanol–water partition coefficient (Wildman–Crippen LogP) is 3.34. The summed E-state index contributed by atoms with van der Waals surface area (Å²) in [4.78, 5) is 26.1. The van der Waals surface area contributed by atoms with Crippen molar-refractivity contribution in [3.05, 3.63) is 22.4 Å². The van der Waals surface area contributed by atoms with Crippen molar-refractivity contribution in [1.29, 1.82) is 0 Å². The Morgan fingerprint density at radius 3 is 2.52 bits per heavy atom. The molecule has 0 saturated carbocycles. The second-order valence-corrected chi connectivity index (χ2v) is 8.54. The Kier molecular flexibility index (Phi) is 8.07. The molecule has 6 nitrogen and oxygen atoms in total. The zero-order chi connectivity index (χ0) is 21.7. The van der Waals surface area contributed by atoms with E-state index in [-0.39, 0.29) is 11.3 Å². The predicted molar refractivity (Wildman–Crippen MR) is 103 cm³/mol. The number of piperidine rings is 1. The summed E-state index contributed by atoms with van der Waals surface area (Å²) in [6, 6.07) is 2.46. The number of nitrogens with zero attached hydrogens (tertiary/aromatic N) is 2. The van der Waals surface area contributed by atoms with Crippen LogP contribution in [0, 0.1) is 5.41 Å². The number of halogens is 3. The lowest BCUT2D eigenvalue weighted by molar-refractivity contribution is -0.192. The molecular weight excluding hydrogens is 409 g/mol. The van der Waals surface area contributed by atoms with Crippen molar-refractivity contribution in [2.75, 3.05) is 39.4 Å². The molecule has 0 aromatic carbocycles. The molecule has 1 amide bonds. The average molecular weight is 436 g/mol. The van der Waals surface area contributed by atoms with E-state index in [0.29, 0.717) is 6.04 Å². The smallest absolute Gasteiger partial charge is 0.475 e. The molecule has 1 atom stereocenters. The third-order valence-corrected chi connectivity index (χ3v) is 5.84. The van der Waals surface area contributed by atoms with Crippen LogP contribution in [0.1, 0.15) is 37.0 Å². The number of likely N-dealkylation sites (tertiary alicyclic amines) is 1. The van der Waals surface area contributed by atoms with E-state index in [1.165, 1.54) is 0 Å². The van der Waals surface area contributed by atoms with Crippen LogP contribution < -0.4 is 0 Å².